The first-order valence-corrected chi connectivity index (χ1v) is 4.18. The number of fused-ring (bicyclic) bond motifs is 1. The molecule has 0 heterocycles. The summed E-state index contributed by atoms with van der Waals surface area (Å²) in [5.41, 5.74) is -6.14. The molecule has 16 heavy (non-hydrogen) atoms. The quantitative estimate of drug-likeness (QED) is 0.640. The van der Waals surface area contributed by atoms with Crippen molar-refractivity contribution in [1.82, 2.24) is 0 Å². The monoisotopic (exact) mass is 229 g/mol. The Morgan fingerprint density at radius 2 is 1.88 bits per heavy atom. The van der Waals surface area contributed by atoms with Crippen molar-refractivity contribution in [2.45, 2.75) is 11.6 Å². The number of nitrogens with zero attached hydrogens (tertiary/aromatic N) is 1. The number of alkyl halides is 3. The second-order valence-electron chi connectivity index (χ2n) is 3.34. The van der Waals surface area contributed by atoms with Crippen molar-refractivity contribution in [3.8, 4) is 6.07 Å². The molecule has 0 saturated carbocycles. The van der Waals surface area contributed by atoms with Gasteiger partial charge in [-0.1, -0.05) is 12.1 Å². The molecule has 0 radical (unpaired) electrons. The lowest BCUT2D eigenvalue weighted by Crippen LogP contribution is -2.41. The third-order valence-corrected chi connectivity index (χ3v) is 2.48. The predicted octanol–water partition coefficient (Wildman–Crippen LogP) is 2.35. The maximum Gasteiger partial charge on any atom is 0.328 e. The molecule has 1 aliphatic carbocycles. The van der Waals surface area contributed by atoms with Gasteiger partial charge in [-0.3, -0.25) is 4.79 Å². The van der Waals surface area contributed by atoms with Crippen LogP contribution in [0, 0.1) is 17.1 Å². The van der Waals surface area contributed by atoms with Crippen molar-refractivity contribution in [3.63, 3.8) is 0 Å². The van der Waals surface area contributed by atoms with Crippen LogP contribution >= 0.6 is 0 Å². The number of carbonyl (C=O) groups excluding carboxylic acids is 1. The Morgan fingerprint density at radius 1 is 1.25 bits per heavy atom. The molecule has 1 aromatic carbocycles. The zero-order chi connectivity index (χ0) is 12.1. The Bertz CT molecular complexity index is 534. The van der Waals surface area contributed by atoms with E-state index in [9.17, 15) is 22.4 Å². The van der Waals surface area contributed by atoms with E-state index in [2.05, 4.69) is 0 Å². The third kappa shape index (κ3) is 0.927. The van der Waals surface area contributed by atoms with Gasteiger partial charge in [-0.15, -0.1) is 0 Å². The van der Waals surface area contributed by atoms with Gasteiger partial charge in [-0.05, 0) is 6.07 Å². The van der Waals surface area contributed by atoms with Gasteiger partial charge in [0.25, 0.3) is 0 Å². The topological polar surface area (TPSA) is 40.9 Å². The molecule has 0 N–H and O–H groups in total. The molecule has 0 saturated heterocycles. The number of nitriles is 1. The largest absolute Gasteiger partial charge is 0.328 e. The van der Waals surface area contributed by atoms with E-state index in [1.54, 1.807) is 0 Å². The second kappa shape index (κ2) is 2.82. The lowest BCUT2D eigenvalue weighted by molar-refractivity contribution is -0.0873. The molecule has 0 bridgehead atoms. The van der Waals surface area contributed by atoms with Crippen LogP contribution in [0.15, 0.2) is 18.2 Å². The number of hydrogen-bond acceptors (Lipinski definition) is 2. The molecule has 0 aromatic heterocycles. The normalized spacial score (nSPS) is 26.3. The van der Waals surface area contributed by atoms with Gasteiger partial charge in [0, 0.05) is 5.56 Å². The SMILES string of the molecule is N#CC1(F)C(=O)c2c(F)cccc2C1(F)F. The fraction of sp³-hybridized carbons (Fsp3) is 0.200. The molecule has 0 fully saturated rings. The Kier molecular flexibility index (Phi) is 1.87. The standard InChI is InChI=1S/C10H3F4NO/c11-6-3-1-2-5-7(6)8(16)9(12,4-15)10(5,13)14/h1-3H. The van der Waals surface area contributed by atoms with Gasteiger partial charge in [-0.2, -0.15) is 14.0 Å². The molecule has 1 aliphatic rings. The summed E-state index contributed by atoms with van der Waals surface area (Å²) in [7, 11) is 0. The maximum absolute atomic E-state index is 13.6. The summed E-state index contributed by atoms with van der Waals surface area (Å²) in [6.07, 6.45) is 0. The number of ketones is 1. The highest BCUT2D eigenvalue weighted by molar-refractivity contribution is 6.10. The van der Waals surface area contributed by atoms with Crippen LogP contribution in [0.3, 0.4) is 0 Å². The number of hydrogen-bond donors (Lipinski definition) is 0. The van der Waals surface area contributed by atoms with Crippen LogP contribution in [-0.4, -0.2) is 11.5 Å². The van der Waals surface area contributed by atoms with E-state index >= 15 is 0 Å². The Hall–Kier alpha value is -1.90. The second-order valence-corrected chi connectivity index (χ2v) is 3.34. The first-order chi connectivity index (χ1) is 7.36. The van der Waals surface area contributed by atoms with Gasteiger partial charge in [0.15, 0.2) is 0 Å². The van der Waals surface area contributed by atoms with Crippen LogP contribution in [0.2, 0.25) is 0 Å². The third-order valence-electron chi connectivity index (χ3n) is 2.48. The van der Waals surface area contributed by atoms with Crippen LogP contribution in [0.4, 0.5) is 17.6 Å². The summed E-state index contributed by atoms with van der Waals surface area (Å²) in [4.78, 5) is 11.3. The summed E-state index contributed by atoms with van der Waals surface area (Å²) in [5.74, 6) is -7.40. The predicted molar refractivity (Wildman–Crippen MR) is 44.1 cm³/mol. The first kappa shape index (κ1) is 10.6. The van der Waals surface area contributed by atoms with Gasteiger partial charge in [-0.25, -0.2) is 8.78 Å². The van der Waals surface area contributed by atoms with E-state index in [1.165, 1.54) is 0 Å². The number of Topliss-reactive ketones (excluding diaryl/α,β-unsaturated/α-hetero) is 1. The van der Waals surface area contributed by atoms with E-state index < -0.39 is 34.3 Å². The minimum Gasteiger partial charge on any atom is -0.289 e. The van der Waals surface area contributed by atoms with Crippen molar-refractivity contribution in [2.24, 2.45) is 0 Å². The van der Waals surface area contributed by atoms with E-state index in [0.29, 0.717) is 6.07 Å². The highest BCUT2D eigenvalue weighted by Gasteiger charge is 2.69. The minimum atomic E-state index is -4.32. The molecule has 1 unspecified atom stereocenters. The molecule has 0 spiro atoms. The minimum absolute atomic E-state index is 0.622. The number of carbonyl (C=O) groups is 1. The summed E-state index contributed by atoms with van der Waals surface area (Å²) in [6.45, 7) is 0. The molecule has 1 atom stereocenters. The van der Waals surface area contributed by atoms with Crippen LogP contribution in [-0.2, 0) is 5.92 Å². The van der Waals surface area contributed by atoms with Crippen LogP contribution < -0.4 is 0 Å². The summed E-state index contributed by atoms with van der Waals surface area (Å²) in [6, 6.07) is 3.04. The Balaban J connectivity index is 2.83. The number of benzene rings is 1. The molecular formula is C10H3F4NO. The maximum atomic E-state index is 13.6. The van der Waals surface area contributed by atoms with Crippen molar-refractivity contribution in [2.75, 3.05) is 0 Å². The zero-order valence-corrected chi connectivity index (χ0v) is 7.60. The van der Waals surface area contributed by atoms with Gasteiger partial charge in [0.05, 0.1) is 5.56 Å². The van der Waals surface area contributed by atoms with E-state index in [-0.39, 0.29) is 0 Å². The molecule has 2 rings (SSSR count). The lowest BCUT2D eigenvalue weighted by atomic mass is 10.00. The smallest absolute Gasteiger partial charge is 0.289 e. The fourth-order valence-electron chi connectivity index (χ4n) is 1.64. The van der Waals surface area contributed by atoms with E-state index in [4.69, 9.17) is 5.26 Å². The molecule has 0 amide bonds. The average Bonchev–Trinajstić information content (AvgIpc) is 2.40. The molecule has 82 valence electrons. The van der Waals surface area contributed by atoms with Gasteiger partial charge < -0.3 is 0 Å². The average molecular weight is 229 g/mol. The molecular weight excluding hydrogens is 226 g/mol. The lowest BCUT2D eigenvalue weighted by Gasteiger charge is -2.18. The first-order valence-electron chi connectivity index (χ1n) is 4.18. The fourth-order valence-corrected chi connectivity index (χ4v) is 1.64. The van der Waals surface area contributed by atoms with Gasteiger partial charge in [0.2, 0.25) is 5.78 Å². The molecule has 6 heteroatoms. The summed E-state index contributed by atoms with van der Waals surface area (Å²) < 4.78 is 53.6. The molecule has 2 nitrogen and oxygen atoms in total. The van der Waals surface area contributed by atoms with E-state index in [0.717, 1.165) is 18.2 Å². The summed E-state index contributed by atoms with van der Waals surface area (Å²) in [5, 5.41) is 8.35. The van der Waals surface area contributed by atoms with Crippen molar-refractivity contribution >= 4 is 5.78 Å². The molecule has 1 aromatic rings. The number of halogens is 4. The van der Waals surface area contributed by atoms with Gasteiger partial charge >= 0.3 is 11.6 Å². The zero-order valence-electron chi connectivity index (χ0n) is 7.60. The highest BCUT2D eigenvalue weighted by Crippen LogP contribution is 2.50. The van der Waals surface area contributed by atoms with E-state index in [1.807, 2.05) is 0 Å². The number of rotatable bonds is 0. The highest BCUT2D eigenvalue weighted by atomic mass is 19.3. The van der Waals surface area contributed by atoms with Crippen molar-refractivity contribution < 1.29 is 22.4 Å². The Labute approximate surface area is 87.1 Å². The van der Waals surface area contributed by atoms with Crippen LogP contribution in [0.25, 0.3) is 0 Å². The molecule has 0 aliphatic heterocycles. The Morgan fingerprint density at radius 3 is 2.38 bits per heavy atom. The summed E-state index contributed by atoms with van der Waals surface area (Å²) >= 11 is 0. The van der Waals surface area contributed by atoms with Crippen LogP contribution in [0.5, 0.6) is 0 Å². The van der Waals surface area contributed by atoms with Gasteiger partial charge in [0.1, 0.15) is 11.9 Å². The van der Waals surface area contributed by atoms with Crippen LogP contribution in [0.1, 0.15) is 15.9 Å². The van der Waals surface area contributed by atoms with Crippen molar-refractivity contribution in [3.05, 3.63) is 35.1 Å². The van der Waals surface area contributed by atoms with Crippen molar-refractivity contribution in [1.29, 1.82) is 5.26 Å².